The SMILES string of the molecule is Cc1ccc(NC(=O)CN(CC(=O)O)C(C)C)c(Cl)c1. The molecule has 5 nitrogen and oxygen atoms in total. The van der Waals surface area contributed by atoms with Gasteiger partial charge in [0.2, 0.25) is 5.91 Å². The van der Waals surface area contributed by atoms with Crippen molar-refractivity contribution in [2.75, 3.05) is 18.4 Å². The van der Waals surface area contributed by atoms with Crippen LogP contribution in [0, 0.1) is 6.92 Å². The van der Waals surface area contributed by atoms with Gasteiger partial charge in [-0.3, -0.25) is 14.5 Å². The van der Waals surface area contributed by atoms with Crippen LogP contribution in [-0.4, -0.2) is 41.0 Å². The maximum Gasteiger partial charge on any atom is 0.317 e. The zero-order chi connectivity index (χ0) is 15.3. The van der Waals surface area contributed by atoms with Gasteiger partial charge in [-0.2, -0.15) is 0 Å². The first kappa shape index (κ1) is 16.5. The van der Waals surface area contributed by atoms with Crippen LogP contribution in [0.25, 0.3) is 0 Å². The summed E-state index contributed by atoms with van der Waals surface area (Å²) in [7, 11) is 0. The van der Waals surface area contributed by atoms with Crippen LogP contribution in [0.5, 0.6) is 0 Å². The quantitative estimate of drug-likeness (QED) is 0.846. The summed E-state index contributed by atoms with van der Waals surface area (Å²) < 4.78 is 0. The summed E-state index contributed by atoms with van der Waals surface area (Å²) in [6, 6.07) is 5.30. The summed E-state index contributed by atoms with van der Waals surface area (Å²) in [5.41, 5.74) is 1.53. The van der Waals surface area contributed by atoms with Crippen molar-refractivity contribution in [3.05, 3.63) is 28.8 Å². The molecule has 6 heteroatoms. The Balaban J connectivity index is 2.68. The Labute approximate surface area is 123 Å². The van der Waals surface area contributed by atoms with Gasteiger partial charge in [0, 0.05) is 6.04 Å². The molecule has 1 rings (SSSR count). The van der Waals surface area contributed by atoms with Crippen molar-refractivity contribution < 1.29 is 14.7 Å². The van der Waals surface area contributed by atoms with Crippen molar-refractivity contribution >= 4 is 29.2 Å². The van der Waals surface area contributed by atoms with Gasteiger partial charge in [0.1, 0.15) is 0 Å². The Morgan fingerprint density at radius 3 is 2.50 bits per heavy atom. The largest absolute Gasteiger partial charge is 0.480 e. The van der Waals surface area contributed by atoms with Crippen LogP contribution in [0.2, 0.25) is 5.02 Å². The summed E-state index contributed by atoms with van der Waals surface area (Å²) in [4.78, 5) is 24.3. The summed E-state index contributed by atoms with van der Waals surface area (Å²) in [6.45, 7) is 5.43. The predicted molar refractivity (Wildman–Crippen MR) is 79.2 cm³/mol. The molecule has 0 saturated carbocycles. The van der Waals surface area contributed by atoms with Gasteiger partial charge in [0.05, 0.1) is 23.8 Å². The lowest BCUT2D eigenvalue weighted by Gasteiger charge is -2.23. The third-order valence-electron chi connectivity index (χ3n) is 2.81. The Morgan fingerprint density at radius 1 is 1.35 bits per heavy atom. The maximum absolute atomic E-state index is 11.9. The molecule has 0 aliphatic rings. The molecule has 0 fully saturated rings. The maximum atomic E-state index is 11.9. The van der Waals surface area contributed by atoms with E-state index in [1.807, 2.05) is 26.8 Å². The van der Waals surface area contributed by atoms with Crippen LogP contribution >= 0.6 is 11.6 Å². The molecule has 1 amide bonds. The first-order valence-electron chi connectivity index (χ1n) is 6.31. The third kappa shape index (κ3) is 5.19. The fraction of sp³-hybridized carbons (Fsp3) is 0.429. The van der Waals surface area contributed by atoms with Crippen molar-refractivity contribution in [2.24, 2.45) is 0 Å². The van der Waals surface area contributed by atoms with E-state index in [1.54, 1.807) is 17.0 Å². The second-order valence-corrected chi connectivity index (χ2v) is 5.33. The first-order chi connectivity index (χ1) is 9.29. The monoisotopic (exact) mass is 298 g/mol. The van der Waals surface area contributed by atoms with E-state index >= 15 is 0 Å². The molecule has 0 aliphatic heterocycles. The van der Waals surface area contributed by atoms with Gasteiger partial charge in [0.15, 0.2) is 0 Å². The van der Waals surface area contributed by atoms with Gasteiger partial charge < -0.3 is 10.4 Å². The minimum Gasteiger partial charge on any atom is -0.480 e. The Kier molecular flexibility index (Phi) is 5.98. The minimum atomic E-state index is -0.958. The summed E-state index contributed by atoms with van der Waals surface area (Å²) >= 11 is 6.03. The third-order valence-corrected chi connectivity index (χ3v) is 3.13. The molecule has 110 valence electrons. The number of carboxylic acids is 1. The number of hydrogen-bond donors (Lipinski definition) is 2. The number of aliphatic carboxylic acids is 1. The summed E-state index contributed by atoms with van der Waals surface area (Å²) in [5.74, 6) is -1.24. The van der Waals surface area contributed by atoms with Crippen LogP contribution < -0.4 is 5.32 Å². The number of amides is 1. The molecule has 1 aromatic carbocycles. The van der Waals surface area contributed by atoms with Crippen molar-refractivity contribution in [3.8, 4) is 0 Å². The molecule has 0 unspecified atom stereocenters. The van der Waals surface area contributed by atoms with E-state index in [9.17, 15) is 9.59 Å². The predicted octanol–water partition coefficient (Wildman–Crippen LogP) is 2.38. The van der Waals surface area contributed by atoms with Gasteiger partial charge in [-0.25, -0.2) is 0 Å². The van der Waals surface area contributed by atoms with Gasteiger partial charge in [-0.15, -0.1) is 0 Å². The number of benzene rings is 1. The van der Waals surface area contributed by atoms with E-state index in [0.717, 1.165) is 5.56 Å². The fourth-order valence-corrected chi connectivity index (χ4v) is 1.97. The smallest absolute Gasteiger partial charge is 0.317 e. The van der Waals surface area contributed by atoms with E-state index in [-0.39, 0.29) is 25.0 Å². The lowest BCUT2D eigenvalue weighted by Crippen LogP contribution is -2.41. The van der Waals surface area contributed by atoms with Crippen molar-refractivity contribution in [2.45, 2.75) is 26.8 Å². The van der Waals surface area contributed by atoms with Crippen LogP contribution in [0.4, 0.5) is 5.69 Å². The zero-order valence-corrected chi connectivity index (χ0v) is 12.6. The summed E-state index contributed by atoms with van der Waals surface area (Å²) in [5, 5.41) is 12.0. The van der Waals surface area contributed by atoms with Crippen LogP contribution in [0.1, 0.15) is 19.4 Å². The number of aryl methyl sites for hydroxylation is 1. The molecular weight excluding hydrogens is 280 g/mol. The standard InChI is InChI=1S/C14H19ClN2O3/c1-9(2)17(8-14(19)20)7-13(18)16-12-5-4-10(3)6-11(12)15/h4-6,9H,7-8H2,1-3H3,(H,16,18)(H,19,20). The number of carbonyl (C=O) groups excluding carboxylic acids is 1. The van der Waals surface area contributed by atoms with E-state index in [1.165, 1.54) is 0 Å². The first-order valence-corrected chi connectivity index (χ1v) is 6.69. The van der Waals surface area contributed by atoms with E-state index in [4.69, 9.17) is 16.7 Å². The highest BCUT2D eigenvalue weighted by Crippen LogP contribution is 2.22. The van der Waals surface area contributed by atoms with E-state index in [0.29, 0.717) is 10.7 Å². The molecule has 20 heavy (non-hydrogen) atoms. The normalized spacial score (nSPS) is 10.9. The van der Waals surface area contributed by atoms with Crippen LogP contribution in [-0.2, 0) is 9.59 Å². The molecule has 0 heterocycles. The van der Waals surface area contributed by atoms with Gasteiger partial charge >= 0.3 is 5.97 Å². The number of anilines is 1. The molecule has 0 aliphatic carbocycles. The number of nitrogens with one attached hydrogen (secondary N) is 1. The molecule has 0 saturated heterocycles. The molecule has 1 aromatic rings. The Morgan fingerprint density at radius 2 is 2.00 bits per heavy atom. The highest BCUT2D eigenvalue weighted by Gasteiger charge is 2.17. The number of rotatable bonds is 6. The van der Waals surface area contributed by atoms with Crippen LogP contribution in [0.3, 0.4) is 0 Å². The fourth-order valence-electron chi connectivity index (χ4n) is 1.69. The number of carboxylic acid groups (broad SMARTS) is 1. The highest BCUT2D eigenvalue weighted by atomic mass is 35.5. The van der Waals surface area contributed by atoms with Crippen molar-refractivity contribution in [1.82, 2.24) is 4.90 Å². The second kappa shape index (κ2) is 7.26. The molecular formula is C14H19ClN2O3. The zero-order valence-electron chi connectivity index (χ0n) is 11.8. The van der Waals surface area contributed by atoms with E-state index < -0.39 is 5.97 Å². The molecule has 0 bridgehead atoms. The van der Waals surface area contributed by atoms with Gasteiger partial charge in [-0.1, -0.05) is 17.7 Å². The van der Waals surface area contributed by atoms with E-state index in [2.05, 4.69) is 5.32 Å². The molecule has 0 radical (unpaired) electrons. The number of hydrogen-bond acceptors (Lipinski definition) is 3. The minimum absolute atomic E-state index is 0.00811. The van der Waals surface area contributed by atoms with Crippen molar-refractivity contribution in [3.63, 3.8) is 0 Å². The average molecular weight is 299 g/mol. The van der Waals surface area contributed by atoms with Crippen molar-refractivity contribution in [1.29, 1.82) is 0 Å². The topological polar surface area (TPSA) is 69.6 Å². The number of nitrogens with zero attached hydrogens (tertiary/aromatic N) is 1. The molecule has 2 N–H and O–H groups in total. The Bertz CT molecular complexity index is 503. The van der Waals surface area contributed by atoms with Crippen LogP contribution in [0.15, 0.2) is 18.2 Å². The number of halogens is 1. The number of carbonyl (C=O) groups is 2. The second-order valence-electron chi connectivity index (χ2n) is 4.92. The van der Waals surface area contributed by atoms with Gasteiger partial charge in [0.25, 0.3) is 0 Å². The summed E-state index contributed by atoms with van der Waals surface area (Å²) in [6.07, 6.45) is 0. The Hall–Kier alpha value is -1.59. The molecule has 0 spiro atoms. The average Bonchev–Trinajstić information content (AvgIpc) is 2.31. The lowest BCUT2D eigenvalue weighted by atomic mass is 10.2. The highest BCUT2D eigenvalue weighted by molar-refractivity contribution is 6.33. The molecule has 0 atom stereocenters. The lowest BCUT2D eigenvalue weighted by molar-refractivity contribution is -0.139. The molecule has 0 aromatic heterocycles. The van der Waals surface area contributed by atoms with Gasteiger partial charge in [-0.05, 0) is 38.5 Å².